The van der Waals surface area contributed by atoms with Crippen LogP contribution in [0.2, 0.25) is 0 Å². The number of ether oxygens (including phenoxy) is 1. The van der Waals surface area contributed by atoms with Gasteiger partial charge in [0.15, 0.2) is 0 Å². The lowest BCUT2D eigenvalue weighted by Crippen LogP contribution is -2.38. The van der Waals surface area contributed by atoms with E-state index >= 15 is 0 Å². The van der Waals surface area contributed by atoms with Crippen molar-refractivity contribution in [2.45, 2.75) is 95.4 Å². The van der Waals surface area contributed by atoms with Crippen LogP contribution in [0.5, 0.6) is 0 Å². The molecule has 2 atom stereocenters. The summed E-state index contributed by atoms with van der Waals surface area (Å²) in [5, 5.41) is 3.74. The van der Waals surface area contributed by atoms with Crippen LogP contribution in [0.1, 0.15) is 101 Å². The minimum absolute atomic E-state index is 0.0246. The Kier molecular flexibility index (Phi) is 6.81. The molecule has 160 valence electrons. The fourth-order valence-electron chi connectivity index (χ4n) is 6.50. The fraction of sp³-hybridized carbons (Fsp3) is 0.704. The average Bonchev–Trinajstić information content (AvgIpc) is 3.47. The molecule has 0 aliphatic heterocycles. The first kappa shape index (κ1) is 21.1. The van der Waals surface area contributed by atoms with E-state index in [0.717, 1.165) is 31.4 Å². The van der Waals surface area contributed by atoms with Gasteiger partial charge < -0.3 is 10.1 Å². The lowest BCUT2D eigenvalue weighted by molar-refractivity contribution is 0.142. The first-order valence-electron chi connectivity index (χ1n) is 12.3. The van der Waals surface area contributed by atoms with Crippen LogP contribution < -0.4 is 5.32 Å². The quantitative estimate of drug-likeness (QED) is 0.509. The summed E-state index contributed by atoms with van der Waals surface area (Å²) < 4.78 is 5.90. The zero-order chi connectivity index (χ0) is 20.3. The molecule has 3 aliphatic carbocycles. The zero-order valence-corrected chi connectivity index (χ0v) is 18.9. The number of hydrogen-bond acceptors (Lipinski definition) is 2. The molecular weight excluding hydrogens is 354 g/mol. The highest BCUT2D eigenvalue weighted by molar-refractivity contribution is 5.81. The second-order valence-corrected chi connectivity index (χ2v) is 9.98. The maximum absolute atomic E-state index is 5.90. The van der Waals surface area contributed by atoms with E-state index in [0.29, 0.717) is 6.04 Å². The number of fused-ring (bicyclic) bond motifs is 1. The zero-order valence-electron chi connectivity index (χ0n) is 18.9. The molecule has 0 aromatic heterocycles. The molecule has 4 rings (SSSR count). The first-order chi connectivity index (χ1) is 14.2. The van der Waals surface area contributed by atoms with Gasteiger partial charge in [0.2, 0.25) is 0 Å². The molecule has 2 unspecified atom stereocenters. The van der Waals surface area contributed by atoms with E-state index in [2.05, 4.69) is 43.4 Å². The van der Waals surface area contributed by atoms with Crippen LogP contribution in [0.4, 0.5) is 0 Å². The largest absolute Gasteiger partial charge is 0.383 e. The van der Waals surface area contributed by atoms with Gasteiger partial charge in [0.1, 0.15) is 0 Å². The van der Waals surface area contributed by atoms with Gasteiger partial charge in [-0.05, 0) is 86.1 Å². The van der Waals surface area contributed by atoms with Gasteiger partial charge in [-0.2, -0.15) is 0 Å². The van der Waals surface area contributed by atoms with Crippen LogP contribution in [0, 0.1) is 5.92 Å². The van der Waals surface area contributed by atoms with Crippen molar-refractivity contribution >= 4 is 5.57 Å². The van der Waals surface area contributed by atoms with Gasteiger partial charge in [-0.1, -0.05) is 56.9 Å². The number of nitrogens with one attached hydrogen (secondary N) is 1. The summed E-state index contributed by atoms with van der Waals surface area (Å²) >= 11 is 0. The Balaban J connectivity index is 1.77. The maximum Gasteiger partial charge on any atom is 0.0595 e. The minimum atomic E-state index is 0.0246. The highest BCUT2D eigenvalue weighted by Crippen LogP contribution is 2.53. The van der Waals surface area contributed by atoms with Crippen LogP contribution in [0.3, 0.4) is 0 Å². The molecule has 2 saturated carbocycles. The van der Waals surface area contributed by atoms with Crippen molar-refractivity contribution in [3.63, 3.8) is 0 Å². The van der Waals surface area contributed by atoms with Crippen molar-refractivity contribution in [1.82, 2.24) is 5.32 Å². The molecule has 0 bridgehead atoms. The van der Waals surface area contributed by atoms with Crippen molar-refractivity contribution in [1.29, 1.82) is 0 Å². The molecular formula is C27H41NO. The predicted molar refractivity (Wildman–Crippen MR) is 124 cm³/mol. The maximum atomic E-state index is 5.90. The Labute approximate surface area is 178 Å². The van der Waals surface area contributed by atoms with E-state index in [-0.39, 0.29) is 5.41 Å². The van der Waals surface area contributed by atoms with Crippen molar-refractivity contribution in [2.24, 2.45) is 5.92 Å². The third-order valence-electron chi connectivity index (χ3n) is 7.76. The van der Waals surface area contributed by atoms with Crippen LogP contribution in [0.25, 0.3) is 5.57 Å². The Hall–Kier alpha value is -1.12. The third kappa shape index (κ3) is 4.21. The van der Waals surface area contributed by atoms with Gasteiger partial charge in [-0.3, -0.25) is 0 Å². The van der Waals surface area contributed by atoms with E-state index in [9.17, 15) is 0 Å². The number of hydrogen-bond donors (Lipinski definition) is 1. The number of methoxy groups -OCH3 is 1. The van der Waals surface area contributed by atoms with Gasteiger partial charge in [-0.25, -0.2) is 0 Å². The molecule has 0 saturated heterocycles. The van der Waals surface area contributed by atoms with Crippen LogP contribution in [0.15, 0.2) is 24.3 Å². The average molecular weight is 396 g/mol. The predicted octanol–water partition coefficient (Wildman–Crippen LogP) is 6.59. The van der Waals surface area contributed by atoms with E-state index in [1.807, 2.05) is 7.11 Å². The Bertz CT molecular complexity index is 711. The van der Waals surface area contributed by atoms with Gasteiger partial charge >= 0.3 is 0 Å². The SMILES string of the molecule is CCCNC(C)CC1(COC)C=C(C2CCCC2)c2c(C3CCCC3)cccc21. The molecule has 1 aromatic rings. The van der Waals surface area contributed by atoms with Crippen LogP contribution in [-0.2, 0) is 10.2 Å². The molecule has 0 spiro atoms. The fourth-order valence-corrected chi connectivity index (χ4v) is 6.50. The molecule has 2 heteroatoms. The molecule has 1 N–H and O–H groups in total. The third-order valence-corrected chi connectivity index (χ3v) is 7.76. The second kappa shape index (κ2) is 9.35. The van der Waals surface area contributed by atoms with Crippen LogP contribution in [-0.4, -0.2) is 26.3 Å². The summed E-state index contributed by atoms with van der Waals surface area (Å²) in [7, 11) is 1.88. The van der Waals surface area contributed by atoms with Gasteiger partial charge in [0.25, 0.3) is 0 Å². The van der Waals surface area contributed by atoms with Gasteiger partial charge in [-0.15, -0.1) is 0 Å². The number of benzene rings is 1. The molecule has 0 amide bonds. The molecule has 2 fully saturated rings. The Morgan fingerprint density at radius 1 is 1.07 bits per heavy atom. The molecule has 3 aliphatic rings. The monoisotopic (exact) mass is 395 g/mol. The molecule has 2 nitrogen and oxygen atoms in total. The van der Waals surface area contributed by atoms with Crippen molar-refractivity contribution in [2.75, 3.05) is 20.3 Å². The van der Waals surface area contributed by atoms with E-state index in [4.69, 9.17) is 4.74 Å². The summed E-state index contributed by atoms with van der Waals surface area (Å²) in [5.41, 5.74) is 6.57. The van der Waals surface area contributed by atoms with Gasteiger partial charge in [0.05, 0.1) is 6.61 Å². The highest BCUT2D eigenvalue weighted by atomic mass is 16.5. The first-order valence-corrected chi connectivity index (χ1v) is 12.3. The Morgan fingerprint density at radius 3 is 2.41 bits per heavy atom. The highest BCUT2D eigenvalue weighted by Gasteiger charge is 2.43. The molecule has 29 heavy (non-hydrogen) atoms. The molecule has 0 radical (unpaired) electrons. The standard InChI is InChI=1S/C27H41NO/c1-4-16-28-20(2)17-27(19-29-3)18-24(22-12-7-8-13-22)26-23(14-9-15-25(26)27)21-10-5-6-11-21/h9,14-15,18,20-22,28H,4-8,10-13,16-17,19H2,1-3H3. The summed E-state index contributed by atoms with van der Waals surface area (Å²) in [6.45, 7) is 6.50. The summed E-state index contributed by atoms with van der Waals surface area (Å²) in [5.74, 6) is 1.53. The van der Waals surface area contributed by atoms with Crippen LogP contribution >= 0.6 is 0 Å². The van der Waals surface area contributed by atoms with Crippen molar-refractivity contribution in [3.8, 4) is 0 Å². The second-order valence-electron chi connectivity index (χ2n) is 9.98. The topological polar surface area (TPSA) is 21.3 Å². The summed E-state index contributed by atoms with van der Waals surface area (Å²) in [4.78, 5) is 0. The van der Waals surface area contributed by atoms with Crippen molar-refractivity contribution in [3.05, 3.63) is 41.0 Å². The van der Waals surface area contributed by atoms with Gasteiger partial charge in [0, 0.05) is 18.6 Å². The number of allylic oxidation sites excluding steroid dienone is 1. The number of rotatable bonds is 9. The lowest BCUT2D eigenvalue weighted by atomic mass is 9.76. The molecule has 0 heterocycles. The Morgan fingerprint density at radius 2 is 1.76 bits per heavy atom. The normalized spacial score (nSPS) is 26.1. The van der Waals surface area contributed by atoms with E-state index in [1.54, 1.807) is 22.3 Å². The van der Waals surface area contributed by atoms with E-state index in [1.165, 1.54) is 57.8 Å². The smallest absolute Gasteiger partial charge is 0.0595 e. The van der Waals surface area contributed by atoms with Crippen molar-refractivity contribution < 1.29 is 4.74 Å². The summed E-state index contributed by atoms with van der Waals surface area (Å²) in [6.07, 6.45) is 16.1. The lowest BCUT2D eigenvalue weighted by Gasteiger charge is -2.32. The van der Waals surface area contributed by atoms with E-state index < -0.39 is 0 Å². The molecule has 1 aromatic carbocycles. The summed E-state index contributed by atoms with van der Waals surface area (Å²) in [6, 6.07) is 7.72. The minimum Gasteiger partial charge on any atom is -0.383 e.